The van der Waals surface area contributed by atoms with E-state index in [9.17, 15) is 27.6 Å². The number of amides is 4. The molecule has 8 nitrogen and oxygen atoms in total. The molecule has 1 saturated heterocycles. The Labute approximate surface area is 182 Å². The summed E-state index contributed by atoms with van der Waals surface area (Å²) in [5.41, 5.74) is 4.51. The molecule has 0 aromatic heterocycles. The number of carbonyl (C=O) groups is 3. The molecule has 2 aromatic carbocycles. The number of rotatable bonds is 4. The van der Waals surface area contributed by atoms with Gasteiger partial charge in [0.2, 0.25) is 0 Å². The monoisotopic (exact) mass is 449 g/mol. The molecule has 1 heterocycles. The van der Waals surface area contributed by atoms with E-state index < -0.39 is 18.0 Å². The van der Waals surface area contributed by atoms with E-state index in [1.165, 1.54) is 17.6 Å². The second kappa shape index (κ2) is 10.1. The third-order valence-corrected chi connectivity index (χ3v) is 4.79. The van der Waals surface area contributed by atoms with Gasteiger partial charge in [-0.05, 0) is 29.8 Å². The predicted molar refractivity (Wildman–Crippen MR) is 111 cm³/mol. The summed E-state index contributed by atoms with van der Waals surface area (Å²) in [7, 11) is 0. The number of halogens is 3. The Morgan fingerprint density at radius 1 is 0.938 bits per heavy atom. The van der Waals surface area contributed by atoms with Crippen molar-refractivity contribution in [1.29, 1.82) is 0 Å². The van der Waals surface area contributed by atoms with Gasteiger partial charge in [0.1, 0.15) is 0 Å². The van der Waals surface area contributed by atoms with Gasteiger partial charge in [-0.15, -0.1) is 0 Å². The van der Waals surface area contributed by atoms with Crippen LogP contribution in [0.1, 0.15) is 15.9 Å². The zero-order chi connectivity index (χ0) is 23.1. The molecule has 3 rings (SSSR count). The normalized spacial score (nSPS) is 13.9. The highest BCUT2D eigenvalue weighted by Crippen LogP contribution is 2.20. The molecule has 32 heavy (non-hydrogen) atoms. The lowest BCUT2D eigenvalue weighted by Crippen LogP contribution is -2.51. The Balaban J connectivity index is 1.69. The lowest BCUT2D eigenvalue weighted by Gasteiger charge is -2.33. The first kappa shape index (κ1) is 23.1. The Morgan fingerprint density at radius 3 is 2.16 bits per heavy atom. The second-order valence-corrected chi connectivity index (χ2v) is 7.04. The van der Waals surface area contributed by atoms with Crippen LogP contribution in [0.15, 0.2) is 54.6 Å². The summed E-state index contributed by atoms with van der Waals surface area (Å²) in [6, 6.07) is 15.0. The third kappa shape index (κ3) is 5.97. The minimum Gasteiger partial charge on any atom is -0.322 e. The molecule has 4 amide bonds. The van der Waals surface area contributed by atoms with Crippen molar-refractivity contribution < 1.29 is 27.6 Å². The Kier molecular flexibility index (Phi) is 7.31. The molecule has 0 spiro atoms. The maximum absolute atomic E-state index is 13.1. The zero-order valence-corrected chi connectivity index (χ0v) is 17.0. The fraction of sp³-hybridized carbons (Fsp3) is 0.286. The largest absolute Gasteiger partial charge is 0.472 e. The molecule has 0 atom stereocenters. The van der Waals surface area contributed by atoms with Crippen LogP contribution in [0.3, 0.4) is 0 Å². The number of benzene rings is 2. The van der Waals surface area contributed by atoms with Gasteiger partial charge in [-0.1, -0.05) is 30.3 Å². The maximum Gasteiger partial charge on any atom is 0.472 e. The molecular formula is C21H22F3N5O3. The van der Waals surface area contributed by atoms with E-state index in [-0.39, 0.29) is 18.1 Å². The topological polar surface area (TPSA) is 93.8 Å². The van der Waals surface area contributed by atoms with Crippen molar-refractivity contribution in [3.8, 4) is 0 Å². The highest BCUT2D eigenvalue weighted by molar-refractivity contribution is 5.96. The van der Waals surface area contributed by atoms with Crippen LogP contribution >= 0.6 is 0 Å². The van der Waals surface area contributed by atoms with Crippen molar-refractivity contribution in [3.05, 3.63) is 65.7 Å². The molecule has 0 saturated carbocycles. The number of anilines is 1. The highest BCUT2D eigenvalue weighted by atomic mass is 19.4. The van der Waals surface area contributed by atoms with Crippen LogP contribution in [0.5, 0.6) is 0 Å². The van der Waals surface area contributed by atoms with Gasteiger partial charge in [0.15, 0.2) is 0 Å². The van der Waals surface area contributed by atoms with Gasteiger partial charge >= 0.3 is 18.1 Å². The molecule has 1 fully saturated rings. The third-order valence-electron chi connectivity index (χ3n) is 4.79. The van der Waals surface area contributed by atoms with Gasteiger partial charge in [0.05, 0.1) is 6.54 Å². The smallest absolute Gasteiger partial charge is 0.322 e. The van der Waals surface area contributed by atoms with Gasteiger partial charge in [-0.3, -0.25) is 25.3 Å². The lowest BCUT2D eigenvalue weighted by molar-refractivity contribution is -0.174. The van der Waals surface area contributed by atoms with Crippen LogP contribution in [-0.4, -0.2) is 55.1 Å². The van der Waals surface area contributed by atoms with Gasteiger partial charge < -0.3 is 10.2 Å². The van der Waals surface area contributed by atoms with Gasteiger partial charge in [-0.2, -0.15) is 13.2 Å². The quantitative estimate of drug-likeness (QED) is 0.623. The molecule has 0 radical (unpaired) electrons. The Bertz CT molecular complexity index is 945. The molecular weight excluding hydrogens is 427 g/mol. The fourth-order valence-corrected chi connectivity index (χ4v) is 3.10. The van der Waals surface area contributed by atoms with Crippen molar-refractivity contribution in [2.45, 2.75) is 12.7 Å². The van der Waals surface area contributed by atoms with E-state index in [1.807, 2.05) is 30.3 Å². The van der Waals surface area contributed by atoms with Crippen molar-refractivity contribution in [2.24, 2.45) is 0 Å². The minimum absolute atomic E-state index is 0.0518. The summed E-state index contributed by atoms with van der Waals surface area (Å²) >= 11 is 0. The molecule has 11 heteroatoms. The van der Waals surface area contributed by atoms with E-state index in [2.05, 4.69) is 5.32 Å². The average molecular weight is 449 g/mol. The van der Waals surface area contributed by atoms with Crippen LogP contribution in [0.25, 0.3) is 0 Å². The lowest BCUT2D eigenvalue weighted by atomic mass is 10.1. The number of nitrogens with one attached hydrogen (secondary N) is 3. The summed E-state index contributed by atoms with van der Waals surface area (Å²) in [4.78, 5) is 39.3. The number of alkyl halides is 3. The first-order valence-corrected chi connectivity index (χ1v) is 9.84. The van der Waals surface area contributed by atoms with Gasteiger partial charge in [0, 0.05) is 37.4 Å². The summed E-state index contributed by atoms with van der Waals surface area (Å²) < 4.78 is 36.6. The molecule has 3 N–H and O–H groups in total. The highest BCUT2D eigenvalue weighted by Gasteiger charge is 2.39. The molecule has 1 aliphatic rings. The number of carbonyl (C=O) groups excluding carboxylic acids is 3. The van der Waals surface area contributed by atoms with Crippen molar-refractivity contribution in [2.75, 3.05) is 31.1 Å². The number of piperazine rings is 1. The average Bonchev–Trinajstić information content (AvgIpc) is 2.81. The number of para-hydroxylation sites is 1. The minimum atomic E-state index is -5.10. The molecule has 1 aliphatic heterocycles. The van der Waals surface area contributed by atoms with E-state index in [4.69, 9.17) is 0 Å². The fourth-order valence-electron chi connectivity index (χ4n) is 3.10. The standard InChI is InChI=1S/C21H22F3N5O3/c22-21(23,24)19(31)27-26-18(30)16-8-6-15(7-9-16)14-29(17-4-2-1-3-5-17)20(32)28-12-10-25-11-13-28/h1-9,25H,10-14H2,(H,26,30)(H,27,31). The number of urea groups is 1. The van der Waals surface area contributed by atoms with Crippen molar-refractivity contribution in [3.63, 3.8) is 0 Å². The summed E-state index contributed by atoms with van der Waals surface area (Å²) in [5, 5.41) is 3.20. The Morgan fingerprint density at radius 2 is 1.56 bits per heavy atom. The van der Waals surface area contributed by atoms with Crippen LogP contribution < -0.4 is 21.1 Å². The first-order valence-electron chi connectivity index (χ1n) is 9.84. The van der Waals surface area contributed by atoms with E-state index in [1.54, 1.807) is 27.4 Å². The molecule has 170 valence electrons. The van der Waals surface area contributed by atoms with Crippen LogP contribution in [0.2, 0.25) is 0 Å². The molecule has 2 aromatic rings. The summed E-state index contributed by atoms with van der Waals surface area (Å²) in [6.45, 7) is 2.83. The number of nitrogens with zero attached hydrogens (tertiary/aromatic N) is 2. The molecule has 0 aliphatic carbocycles. The van der Waals surface area contributed by atoms with Crippen molar-refractivity contribution >= 4 is 23.5 Å². The number of hydrazine groups is 1. The second-order valence-electron chi connectivity index (χ2n) is 7.04. The zero-order valence-electron chi connectivity index (χ0n) is 17.0. The van der Waals surface area contributed by atoms with Crippen LogP contribution in [0, 0.1) is 0 Å². The van der Waals surface area contributed by atoms with Gasteiger partial charge in [0.25, 0.3) is 5.91 Å². The van der Waals surface area contributed by atoms with Gasteiger partial charge in [-0.25, -0.2) is 4.79 Å². The molecule has 0 bridgehead atoms. The Hall–Kier alpha value is -3.60. The summed E-state index contributed by atoms with van der Waals surface area (Å²) in [6.07, 6.45) is -5.10. The molecule has 0 unspecified atom stereocenters. The van der Waals surface area contributed by atoms with Crippen LogP contribution in [-0.2, 0) is 11.3 Å². The van der Waals surface area contributed by atoms with E-state index in [0.29, 0.717) is 37.4 Å². The number of hydrogen-bond acceptors (Lipinski definition) is 4. The summed E-state index contributed by atoms with van der Waals surface area (Å²) in [5.74, 6) is -3.17. The maximum atomic E-state index is 13.1. The van der Waals surface area contributed by atoms with Crippen LogP contribution in [0.4, 0.5) is 23.7 Å². The predicted octanol–water partition coefficient (Wildman–Crippen LogP) is 2.04. The van der Waals surface area contributed by atoms with E-state index >= 15 is 0 Å². The SMILES string of the molecule is O=C(NNC(=O)C(F)(F)F)c1ccc(CN(C(=O)N2CCNCC2)c2ccccc2)cc1. The number of hydrogen-bond donors (Lipinski definition) is 3. The van der Waals surface area contributed by atoms with E-state index in [0.717, 1.165) is 0 Å². The first-order chi connectivity index (χ1) is 15.3. The van der Waals surface area contributed by atoms with Crippen molar-refractivity contribution in [1.82, 2.24) is 21.1 Å².